The molecule has 1 heterocycles. The maximum atomic E-state index is 14.7. The summed E-state index contributed by atoms with van der Waals surface area (Å²) in [5.41, 5.74) is 2.99. The van der Waals surface area contributed by atoms with E-state index in [4.69, 9.17) is 4.74 Å². The fraction of sp³-hybridized carbons (Fsp3) is 0.700. The number of fused-ring (bicyclic) bond motifs is 5. The van der Waals surface area contributed by atoms with Gasteiger partial charge in [0.25, 0.3) is 0 Å². The van der Waals surface area contributed by atoms with Gasteiger partial charge in [0.1, 0.15) is 17.6 Å². The van der Waals surface area contributed by atoms with Crippen molar-refractivity contribution in [3.63, 3.8) is 0 Å². The highest BCUT2D eigenvalue weighted by molar-refractivity contribution is 6.00. The third-order valence-electron chi connectivity index (χ3n) is 14.8. The number of phenolic OH excluding ortho intramolecular Hbond substituents is 1. The molecule has 0 spiro atoms. The topological polar surface area (TPSA) is 99.2 Å². The fourth-order valence-electron chi connectivity index (χ4n) is 12.5. The van der Waals surface area contributed by atoms with Crippen molar-refractivity contribution in [2.24, 2.45) is 45.3 Å². The average molecular weight is 630 g/mol. The van der Waals surface area contributed by atoms with Crippen LogP contribution in [0.5, 0.6) is 5.75 Å². The van der Waals surface area contributed by atoms with E-state index in [0.29, 0.717) is 31.1 Å². The van der Waals surface area contributed by atoms with E-state index in [2.05, 4.69) is 58.2 Å². The Labute approximate surface area is 275 Å². The highest BCUT2D eigenvalue weighted by atomic mass is 16.6. The van der Waals surface area contributed by atoms with Gasteiger partial charge in [-0.15, -0.1) is 0 Å². The van der Waals surface area contributed by atoms with Crippen LogP contribution < -0.4 is 5.32 Å². The molecule has 0 radical (unpaired) electrons. The van der Waals surface area contributed by atoms with Crippen LogP contribution in [0, 0.1) is 45.3 Å². The molecule has 250 valence electrons. The summed E-state index contributed by atoms with van der Waals surface area (Å²) in [4.78, 5) is 28.8. The molecule has 4 fully saturated rings. The second-order valence-corrected chi connectivity index (χ2v) is 17.5. The lowest BCUT2D eigenvalue weighted by Gasteiger charge is -2.70. The molecular formula is C40H55NO5. The van der Waals surface area contributed by atoms with Gasteiger partial charge in [-0.1, -0.05) is 58.4 Å². The molecule has 6 aliphatic carbocycles. The normalized spacial score (nSPS) is 43.5. The van der Waals surface area contributed by atoms with Crippen molar-refractivity contribution in [3.05, 3.63) is 52.6 Å². The van der Waals surface area contributed by atoms with Gasteiger partial charge < -0.3 is 20.3 Å². The monoisotopic (exact) mass is 629 g/mol. The molecule has 8 rings (SSSR count). The third-order valence-corrected chi connectivity index (χ3v) is 14.8. The Bertz CT molecular complexity index is 1540. The second-order valence-electron chi connectivity index (χ2n) is 17.5. The minimum absolute atomic E-state index is 0.0123. The van der Waals surface area contributed by atoms with E-state index in [1.807, 2.05) is 27.0 Å². The van der Waals surface area contributed by atoms with Crippen LogP contribution in [0.4, 0.5) is 0 Å². The smallest absolute Gasteiger partial charge is 0.159 e. The van der Waals surface area contributed by atoms with E-state index in [1.54, 1.807) is 6.07 Å². The van der Waals surface area contributed by atoms with Crippen LogP contribution in [-0.4, -0.2) is 46.6 Å². The molecule has 3 saturated carbocycles. The predicted molar refractivity (Wildman–Crippen MR) is 179 cm³/mol. The number of carbonyl (C=O) groups excluding carboxylic acids is 2. The lowest BCUT2D eigenvalue weighted by molar-refractivity contribution is -0.196. The van der Waals surface area contributed by atoms with E-state index < -0.39 is 11.5 Å². The summed E-state index contributed by atoms with van der Waals surface area (Å²) < 4.78 is 5.75. The first-order valence-electron chi connectivity index (χ1n) is 17.8. The largest absolute Gasteiger partial charge is 0.508 e. The molecular weight excluding hydrogens is 574 g/mol. The number of phenols is 1. The molecule has 1 aliphatic heterocycles. The van der Waals surface area contributed by atoms with Gasteiger partial charge in [0.15, 0.2) is 5.78 Å². The highest BCUT2D eigenvalue weighted by Crippen LogP contribution is 2.77. The van der Waals surface area contributed by atoms with Crippen LogP contribution in [0.3, 0.4) is 0 Å². The number of epoxide rings is 1. The lowest BCUT2D eigenvalue weighted by Crippen LogP contribution is -2.66. The van der Waals surface area contributed by atoms with Gasteiger partial charge in [-0.05, 0) is 123 Å². The van der Waals surface area contributed by atoms with Crippen molar-refractivity contribution in [2.75, 3.05) is 7.05 Å². The van der Waals surface area contributed by atoms with Crippen LogP contribution in [0.1, 0.15) is 110 Å². The third kappa shape index (κ3) is 4.24. The summed E-state index contributed by atoms with van der Waals surface area (Å²) in [6.45, 7) is 16.3. The Morgan fingerprint density at radius 3 is 2.43 bits per heavy atom. The van der Waals surface area contributed by atoms with Crippen molar-refractivity contribution < 1.29 is 24.5 Å². The minimum atomic E-state index is -0.575. The number of benzene rings is 1. The lowest BCUT2D eigenvalue weighted by atomic mass is 9.33. The molecule has 7 aliphatic rings. The number of hydrogen-bond donors (Lipinski definition) is 3. The molecule has 1 saturated heterocycles. The second kappa shape index (κ2) is 10.4. The molecule has 6 heteroatoms. The van der Waals surface area contributed by atoms with Gasteiger partial charge >= 0.3 is 0 Å². The van der Waals surface area contributed by atoms with Crippen molar-refractivity contribution in [1.82, 2.24) is 5.32 Å². The molecule has 3 N–H and O–H groups in total. The van der Waals surface area contributed by atoms with Gasteiger partial charge in [-0.25, -0.2) is 0 Å². The number of aliphatic hydroxyl groups excluding tert-OH is 1. The maximum Gasteiger partial charge on any atom is 0.159 e. The Morgan fingerprint density at radius 1 is 1.04 bits per heavy atom. The fourth-order valence-corrected chi connectivity index (χ4v) is 12.5. The van der Waals surface area contributed by atoms with E-state index >= 15 is 0 Å². The van der Waals surface area contributed by atoms with E-state index in [1.165, 1.54) is 5.57 Å². The number of aliphatic hydroxyl groups is 1. The number of hydrogen-bond acceptors (Lipinski definition) is 6. The number of rotatable bonds is 7. The standard InChI is InChI=1S/C40H55NO5/c1-22(16-28(43)35-36(2,3)46-35)32-26-11-12-31-38(5,39(26,6)20-29(32)44)15-13-30-37(4)14-9-10-27(40(30,31)7)33(34(37)45)24-17-23(21-41-8)18-25(42)19-24/h9-10,17-19,22,27-28,30-31,33,35,41-43H,11-16,20-21H2,1-8H3. The van der Waals surface area contributed by atoms with Crippen molar-refractivity contribution in [3.8, 4) is 5.75 Å². The predicted octanol–water partition coefficient (Wildman–Crippen LogP) is 7.03. The number of aromatic hydroxyl groups is 1. The molecule has 1 aromatic rings. The van der Waals surface area contributed by atoms with Crippen molar-refractivity contribution in [2.45, 2.75) is 124 Å². The van der Waals surface area contributed by atoms with Crippen molar-refractivity contribution in [1.29, 1.82) is 0 Å². The summed E-state index contributed by atoms with van der Waals surface area (Å²) in [6, 6.07) is 5.75. The molecule has 6 nitrogen and oxygen atoms in total. The highest BCUT2D eigenvalue weighted by Gasteiger charge is 2.72. The molecule has 0 amide bonds. The first kappa shape index (κ1) is 32.3. The molecule has 2 bridgehead atoms. The quantitative estimate of drug-likeness (QED) is 0.221. The summed E-state index contributed by atoms with van der Waals surface area (Å²) in [5, 5.41) is 25.0. The first-order valence-corrected chi connectivity index (χ1v) is 17.8. The van der Waals surface area contributed by atoms with Gasteiger partial charge in [-0.2, -0.15) is 0 Å². The summed E-state index contributed by atoms with van der Waals surface area (Å²) in [7, 11) is 1.90. The van der Waals surface area contributed by atoms with Crippen LogP contribution in [0.15, 0.2) is 41.5 Å². The number of carbonyl (C=O) groups is 2. The van der Waals surface area contributed by atoms with Crippen LogP contribution >= 0.6 is 0 Å². The Hall–Kier alpha value is -2.28. The first-order chi connectivity index (χ1) is 21.5. The zero-order valence-electron chi connectivity index (χ0n) is 29.2. The molecule has 1 aromatic carbocycles. The number of Topliss-reactive ketones (excluding diaryl/α,β-unsaturated/α-hetero) is 2. The summed E-state index contributed by atoms with van der Waals surface area (Å²) in [5.74, 6) is 1.12. The minimum Gasteiger partial charge on any atom is -0.508 e. The average Bonchev–Trinajstić information content (AvgIpc) is 3.58. The SMILES string of the molecule is CNCc1cc(O)cc(C2C(=O)C3(C)CC=CC2C2(C)C3CCC3(C)C2CCC2=C(C(C)CC(O)C4OC4(C)C)C(=O)CC23C)c1. The Balaban J connectivity index is 1.28. The molecule has 11 unspecified atom stereocenters. The number of nitrogens with one attached hydrogen (secondary N) is 1. The van der Waals surface area contributed by atoms with Gasteiger partial charge in [-0.3, -0.25) is 9.59 Å². The Kier molecular flexibility index (Phi) is 7.27. The van der Waals surface area contributed by atoms with E-state index in [0.717, 1.165) is 48.8 Å². The maximum absolute atomic E-state index is 14.7. The molecule has 46 heavy (non-hydrogen) atoms. The van der Waals surface area contributed by atoms with Gasteiger partial charge in [0, 0.05) is 23.8 Å². The van der Waals surface area contributed by atoms with Gasteiger partial charge in [0.2, 0.25) is 0 Å². The molecule has 11 atom stereocenters. The van der Waals surface area contributed by atoms with E-state index in [-0.39, 0.29) is 63.2 Å². The van der Waals surface area contributed by atoms with Crippen molar-refractivity contribution >= 4 is 11.6 Å². The number of ketones is 2. The Morgan fingerprint density at radius 2 is 1.76 bits per heavy atom. The molecule has 0 aromatic heterocycles. The van der Waals surface area contributed by atoms with Crippen LogP contribution in [0.2, 0.25) is 0 Å². The number of allylic oxidation sites excluding steroid dienone is 4. The summed E-state index contributed by atoms with van der Waals surface area (Å²) >= 11 is 0. The zero-order chi connectivity index (χ0) is 33.2. The van der Waals surface area contributed by atoms with Crippen LogP contribution in [0.25, 0.3) is 0 Å². The summed E-state index contributed by atoms with van der Waals surface area (Å²) in [6.07, 6.45) is 9.66. The van der Waals surface area contributed by atoms with Gasteiger partial charge in [0.05, 0.1) is 17.6 Å². The zero-order valence-corrected chi connectivity index (χ0v) is 29.2. The van der Waals surface area contributed by atoms with Crippen LogP contribution in [-0.2, 0) is 20.9 Å². The van der Waals surface area contributed by atoms with E-state index in [9.17, 15) is 19.8 Å². The number of ether oxygens (including phenoxy) is 1.